The zero-order valence-corrected chi connectivity index (χ0v) is 14.5. The van der Waals surface area contributed by atoms with Crippen LogP contribution in [0.25, 0.3) is 0 Å². The highest BCUT2D eigenvalue weighted by atomic mass is 35.5. The van der Waals surface area contributed by atoms with E-state index in [1.54, 1.807) is 18.2 Å². The maximum atomic E-state index is 12.3. The van der Waals surface area contributed by atoms with Crippen molar-refractivity contribution in [3.63, 3.8) is 0 Å². The Morgan fingerprint density at radius 2 is 1.73 bits per heavy atom. The Balaban J connectivity index is 1.79. The molecule has 6 heteroatoms. The van der Waals surface area contributed by atoms with Crippen molar-refractivity contribution >= 4 is 34.9 Å². The van der Waals surface area contributed by atoms with E-state index in [9.17, 15) is 4.79 Å². The second-order valence-electron chi connectivity index (χ2n) is 5.62. The van der Waals surface area contributed by atoms with Crippen molar-refractivity contribution in [3.8, 4) is 0 Å². The molecule has 0 aromatic heterocycles. The maximum Gasteiger partial charge on any atom is 0.321 e. The van der Waals surface area contributed by atoms with E-state index in [2.05, 4.69) is 17.1 Å². The predicted molar refractivity (Wildman–Crippen MR) is 93.0 cm³/mol. The molecule has 4 nitrogen and oxygen atoms in total. The van der Waals surface area contributed by atoms with Gasteiger partial charge in [-0.25, -0.2) is 4.79 Å². The molecular weight excluding hydrogens is 321 g/mol. The number of anilines is 1. The molecule has 122 valence electrons. The van der Waals surface area contributed by atoms with Crippen molar-refractivity contribution < 1.29 is 4.79 Å². The van der Waals surface area contributed by atoms with Crippen LogP contribution in [0.15, 0.2) is 18.2 Å². The number of piperazine rings is 1. The van der Waals surface area contributed by atoms with Crippen LogP contribution in [0, 0.1) is 0 Å². The van der Waals surface area contributed by atoms with E-state index in [1.165, 1.54) is 19.3 Å². The lowest BCUT2D eigenvalue weighted by atomic mass is 10.2. The van der Waals surface area contributed by atoms with Crippen molar-refractivity contribution in [2.45, 2.75) is 26.2 Å². The number of benzene rings is 1. The van der Waals surface area contributed by atoms with Gasteiger partial charge < -0.3 is 10.2 Å². The molecule has 0 saturated carbocycles. The smallest absolute Gasteiger partial charge is 0.321 e. The van der Waals surface area contributed by atoms with E-state index in [1.807, 2.05) is 4.90 Å². The van der Waals surface area contributed by atoms with Crippen LogP contribution in [0.4, 0.5) is 10.5 Å². The van der Waals surface area contributed by atoms with Crippen LogP contribution in [0.3, 0.4) is 0 Å². The van der Waals surface area contributed by atoms with Gasteiger partial charge in [0.1, 0.15) is 0 Å². The first-order chi connectivity index (χ1) is 10.6. The van der Waals surface area contributed by atoms with Gasteiger partial charge in [-0.05, 0) is 31.2 Å². The normalized spacial score (nSPS) is 15.9. The van der Waals surface area contributed by atoms with Crippen molar-refractivity contribution in [1.82, 2.24) is 9.80 Å². The molecule has 1 heterocycles. The maximum absolute atomic E-state index is 12.3. The molecule has 0 bridgehead atoms. The molecule has 1 N–H and O–H groups in total. The third-order valence-corrected chi connectivity index (χ3v) is 4.29. The predicted octanol–water partition coefficient (Wildman–Crippen LogP) is 4.33. The van der Waals surface area contributed by atoms with Gasteiger partial charge in [0.25, 0.3) is 0 Å². The fraction of sp³-hybridized carbons (Fsp3) is 0.562. The number of nitrogens with one attached hydrogen (secondary N) is 1. The van der Waals surface area contributed by atoms with Crippen molar-refractivity contribution in [3.05, 3.63) is 28.2 Å². The summed E-state index contributed by atoms with van der Waals surface area (Å²) in [6.07, 6.45) is 3.75. The Morgan fingerprint density at radius 3 is 2.32 bits per heavy atom. The van der Waals surface area contributed by atoms with E-state index < -0.39 is 0 Å². The lowest BCUT2D eigenvalue weighted by molar-refractivity contribution is 0.146. The highest BCUT2D eigenvalue weighted by molar-refractivity contribution is 6.35. The summed E-state index contributed by atoms with van der Waals surface area (Å²) in [6.45, 7) is 6.73. The second kappa shape index (κ2) is 8.61. The average Bonchev–Trinajstić information content (AvgIpc) is 2.47. The Bertz CT molecular complexity index is 482. The van der Waals surface area contributed by atoms with Crippen molar-refractivity contribution in [2.24, 2.45) is 0 Å². The van der Waals surface area contributed by atoms with Crippen molar-refractivity contribution in [2.75, 3.05) is 38.0 Å². The first-order valence-electron chi connectivity index (χ1n) is 7.83. The number of hydrogen-bond donors (Lipinski definition) is 1. The first-order valence-corrected chi connectivity index (χ1v) is 8.58. The van der Waals surface area contributed by atoms with Crippen LogP contribution in [-0.2, 0) is 0 Å². The summed E-state index contributed by atoms with van der Waals surface area (Å²) in [6, 6.07) is 4.96. The van der Waals surface area contributed by atoms with Gasteiger partial charge in [-0.2, -0.15) is 0 Å². The third kappa shape index (κ3) is 5.34. The third-order valence-electron chi connectivity index (χ3n) is 3.85. The van der Waals surface area contributed by atoms with E-state index in [-0.39, 0.29) is 6.03 Å². The first kappa shape index (κ1) is 17.4. The fourth-order valence-electron chi connectivity index (χ4n) is 2.59. The Kier molecular flexibility index (Phi) is 6.80. The highest BCUT2D eigenvalue weighted by Gasteiger charge is 2.20. The summed E-state index contributed by atoms with van der Waals surface area (Å²) >= 11 is 11.9. The van der Waals surface area contributed by atoms with Crippen LogP contribution in [0.5, 0.6) is 0 Å². The van der Waals surface area contributed by atoms with E-state index >= 15 is 0 Å². The summed E-state index contributed by atoms with van der Waals surface area (Å²) < 4.78 is 0. The van der Waals surface area contributed by atoms with Gasteiger partial charge in [-0.3, -0.25) is 4.90 Å². The molecule has 0 unspecified atom stereocenters. The van der Waals surface area contributed by atoms with Gasteiger partial charge in [-0.1, -0.05) is 43.0 Å². The molecule has 1 aliphatic heterocycles. The minimum absolute atomic E-state index is 0.0912. The molecule has 1 aromatic carbocycles. The number of hydrogen-bond acceptors (Lipinski definition) is 2. The van der Waals surface area contributed by atoms with E-state index in [0.29, 0.717) is 15.7 Å². The molecule has 1 aliphatic rings. The van der Waals surface area contributed by atoms with Crippen LogP contribution in [0.2, 0.25) is 10.0 Å². The van der Waals surface area contributed by atoms with Gasteiger partial charge in [0, 0.05) is 41.9 Å². The number of halogens is 2. The number of carbonyl (C=O) groups is 1. The van der Waals surface area contributed by atoms with Gasteiger partial charge in [0.2, 0.25) is 0 Å². The topological polar surface area (TPSA) is 35.6 Å². The molecule has 0 radical (unpaired) electrons. The Morgan fingerprint density at radius 1 is 1.09 bits per heavy atom. The van der Waals surface area contributed by atoms with Crippen LogP contribution in [0.1, 0.15) is 26.2 Å². The number of urea groups is 1. The quantitative estimate of drug-likeness (QED) is 0.807. The summed E-state index contributed by atoms with van der Waals surface area (Å²) in [5.41, 5.74) is 0.632. The fourth-order valence-corrected chi connectivity index (χ4v) is 3.11. The lowest BCUT2D eigenvalue weighted by Crippen LogP contribution is -2.50. The molecule has 1 fully saturated rings. The number of unbranched alkanes of at least 4 members (excludes halogenated alkanes) is 2. The SMILES string of the molecule is CCCCCN1CCN(C(=O)Nc2cc(Cl)cc(Cl)c2)CC1. The molecule has 1 aromatic rings. The van der Waals surface area contributed by atoms with Crippen LogP contribution >= 0.6 is 23.2 Å². The second-order valence-corrected chi connectivity index (χ2v) is 6.50. The average molecular weight is 344 g/mol. The molecule has 1 saturated heterocycles. The number of amides is 2. The largest absolute Gasteiger partial charge is 0.322 e. The molecule has 2 amide bonds. The lowest BCUT2D eigenvalue weighted by Gasteiger charge is -2.34. The zero-order valence-electron chi connectivity index (χ0n) is 12.9. The van der Waals surface area contributed by atoms with Crippen LogP contribution < -0.4 is 5.32 Å². The van der Waals surface area contributed by atoms with E-state index in [0.717, 1.165) is 32.7 Å². The van der Waals surface area contributed by atoms with Gasteiger partial charge in [0.05, 0.1) is 0 Å². The van der Waals surface area contributed by atoms with Crippen molar-refractivity contribution in [1.29, 1.82) is 0 Å². The van der Waals surface area contributed by atoms with Crippen LogP contribution in [-0.4, -0.2) is 48.6 Å². The molecule has 22 heavy (non-hydrogen) atoms. The molecule has 0 aliphatic carbocycles. The standard InChI is InChI=1S/C16H23Cl2N3O/c1-2-3-4-5-20-6-8-21(9-7-20)16(22)19-15-11-13(17)10-14(18)12-15/h10-12H,2-9H2,1H3,(H,19,22). The monoisotopic (exact) mass is 343 g/mol. The van der Waals surface area contributed by atoms with Gasteiger partial charge in [0.15, 0.2) is 0 Å². The summed E-state index contributed by atoms with van der Waals surface area (Å²) in [7, 11) is 0. The summed E-state index contributed by atoms with van der Waals surface area (Å²) in [5.74, 6) is 0. The Labute approximate surface area is 142 Å². The number of carbonyl (C=O) groups excluding carboxylic acids is 1. The minimum atomic E-state index is -0.0912. The molecule has 2 rings (SSSR count). The zero-order chi connectivity index (χ0) is 15.9. The number of nitrogens with zero attached hydrogens (tertiary/aromatic N) is 2. The highest BCUT2D eigenvalue weighted by Crippen LogP contribution is 2.22. The minimum Gasteiger partial charge on any atom is -0.322 e. The van der Waals surface area contributed by atoms with E-state index in [4.69, 9.17) is 23.2 Å². The Hall–Kier alpha value is -0.970. The van der Waals surface area contributed by atoms with Gasteiger partial charge in [-0.15, -0.1) is 0 Å². The summed E-state index contributed by atoms with van der Waals surface area (Å²) in [4.78, 5) is 16.5. The molecular formula is C16H23Cl2N3O. The molecule has 0 spiro atoms. The summed E-state index contributed by atoms with van der Waals surface area (Å²) in [5, 5.41) is 3.89. The van der Waals surface area contributed by atoms with Gasteiger partial charge >= 0.3 is 6.03 Å². The molecule has 0 atom stereocenters. The number of rotatable bonds is 5.